The van der Waals surface area contributed by atoms with Gasteiger partial charge in [-0.1, -0.05) is 17.7 Å². The summed E-state index contributed by atoms with van der Waals surface area (Å²) in [5.74, 6) is -1.27. The van der Waals surface area contributed by atoms with Gasteiger partial charge in [-0.25, -0.2) is 4.39 Å². The summed E-state index contributed by atoms with van der Waals surface area (Å²) >= 11 is 7.89. The smallest absolute Gasteiger partial charge is 0.380 e. The second-order valence-corrected chi connectivity index (χ2v) is 5.89. The number of halogens is 6. The summed E-state index contributed by atoms with van der Waals surface area (Å²) in [6, 6.07) is 8.10. The summed E-state index contributed by atoms with van der Waals surface area (Å²) in [6.45, 7) is 0.154. The normalized spacial score (nSPS) is 11.5. The number of benzene rings is 2. The van der Waals surface area contributed by atoms with E-state index in [4.69, 9.17) is 11.6 Å². The average Bonchev–Trinajstić information content (AvgIpc) is 2.38. The van der Waals surface area contributed by atoms with Crippen LogP contribution < -0.4 is 5.32 Å². The fourth-order valence-corrected chi connectivity index (χ4v) is 2.79. The summed E-state index contributed by atoms with van der Waals surface area (Å²) in [4.78, 5) is 0. The molecule has 2 aromatic carbocycles. The molecule has 0 aliphatic heterocycles. The van der Waals surface area contributed by atoms with Crippen molar-refractivity contribution in [1.82, 2.24) is 0 Å². The highest BCUT2D eigenvalue weighted by Crippen LogP contribution is 2.32. The zero-order valence-electron chi connectivity index (χ0n) is 10.4. The molecule has 0 aliphatic carbocycles. The Hall–Kier alpha value is -1.02. The van der Waals surface area contributed by atoms with E-state index in [1.807, 2.05) is 0 Å². The molecule has 0 heterocycles. The molecular weight excluding hydrogens is 421 g/mol. The summed E-state index contributed by atoms with van der Waals surface area (Å²) in [6.07, 6.45) is -4.70. The quantitative estimate of drug-likeness (QED) is 0.486. The molecule has 0 radical (unpaired) electrons. The van der Waals surface area contributed by atoms with Gasteiger partial charge in [0.1, 0.15) is 5.82 Å². The number of rotatable bonds is 3. The Balaban J connectivity index is 2.17. The van der Waals surface area contributed by atoms with Crippen molar-refractivity contribution >= 4 is 39.9 Å². The summed E-state index contributed by atoms with van der Waals surface area (Å²) in [5.41, 5.74) is -0.167. The Labute approximate surface area is 137 Å². The third-order valence-electron chi connectivity index (χ3n) is 2.75. The maximum Gasteiger partial charge on any atom is 0.419 e. The highest BCUT2D eigenvalue weighted by molar-refractivity contribution is 14.1. The van der Waals surface area contributed by atoms with Gasteiger partial charge in [0.05, 0.1) is 5.56 Å². The van der Waals surface area contributed by atoms with Gasteiger partial charge in [-0.3, -0.25) is 0 Å². The molecule has 7 heteroatoms. The van der Waals surface area contributed by atoms with Crippen molar-refractivity contribution < 1.29 is 17.6 Å². The molecule has 0 spiro atoms. The summed E-state index contributed by atoms with van der Waals surface area (Å²) in [5, 5.41) is 3.57. The topological polar surface area (TPSA) is 12.0 Å². The van der Waals surface area contributed by atoms with Crippen molar-refractivity contribution in [3.05, 3.63) is 61.9 Å². The largest absolute Gasteiger partial charge is 0.419 e. The first-order valence-electron chi connectivity index (χ1n) is 5.82. The Morgan fingerprint density at radius 1 is 1.10 bits per heavy atom. The van der Waals surface area contributed by atoms with E-state index in [1.54, 1.807) is 18.2 Å². The van der Waals surface area contributed by atoms with Crippen LogP contribution in [0.5, 0.6) is 0 Å². The predicted molar refractivity (Wildman–Crippen MR) is 82.9 cm³/mol. The van der Waals surface area contributed by atoms with Gasteiger partial charge in [-0.15, -0.1) is 0 Å². The van der Waals surface area contributed by atoms with Crippen LogP contribution in [0.25, 0.3) is 0 Å². The SMILES string of the molecule is Fc1ccc(CNc2ccc(Cl)cc2I)cc1C(F)(F)F. The van der Waals surface area contributed by atoms with Gasteiger partial charge in [0.25, 0.3) is 0 Å². The lowest BCUT2D eigenvalue weighted by molar-refractivity contribution is -0.140. The first-order valence-corrected chi connectivity index (χ1v) is 7.27. The molecule has 0 aromatic heterocycles. The van der Waals surface area contributed by atoms with E-state index in [0.717, 1.165) is 21.4 Å². The van der Waals surface area contributed by atoms with Crippen molar-refractivity contribution in [1.29, 1.82) is 0 Å². The maximum atomic E-state index is 13.2. The Morgan fingerprint density at radius 2 is 1.81 bits per heavy atom. The van der Waals surface area contributed by atoms with E-state index in [-0.39, 0.29) is 6.54 Å². The summed E-state index contributed by atoms with van der Waals surface area (Å²) in [7, 11) is 0. The lowest BCUT2D eigenvalue weighted by Gasteiger charge is -2.12. The zero-order chi connectivity index (χ0) is 15.6. The minimum Gasteiger partial charge on any atom is -0.380 e. The molecule has 0 amide bonds. The van der Waals surface area contributed by atoms with Crippen LogP contribution in [0.3, 0.4) is 0 Å². The lowest BCUT2D eigenvalue weighted by Crippen LogP contribution is -2.10. The highest BCUT2D eigenvalue weighted by atomic mass is 127. The number of hydrogen-bond acceptors (Lipinski definition) is 1. The van der Waals surface area contributed by atoms with E-state index in [9.17, 15) is 17.6 Å². The van der Waals surface area contributed by atoms with E-state index in [0.29, 0.717) is 10.6 Å². The van der Waals surface area contributed by atoms with Crippen molar-refractivity contribution in [3.8, 4) is 0 Å². The molecule has 21 heavy (non-hydrogen) atoms. The molecule has 0 aliphatic rings. The lowest BCUT2D eigenvalue weighted by atomic mass is 10.1. The van der Waals surface area contributed by atoms with Gasteiger partial charge < -0.3 is 5.32 Å². The van der Waals surface area contributed by atoms with E-state index in [1.165, 1.54) is 6.07 Å². The molecule has 1 nitrogen and oxygen atoms in total. The molecule has 2 rings (SSSR count). The van der Waals surface area contributed by atoms with Crippen molar-refractivity contribution in [3.63, 3.8) is 0 Å². The van der Waals surface area contributed by atoms with Gasteiger partial charge in [-0.2, -0.15) is 13.2 Å². The van der Waals surface area contributed by atoms with Gasteiger partial charge in [-0.05, 0) is 58.5 Å². The predicted octanol–water partition coefficient (Wildman–Crippen LogP) is 5.71. The van der Waals surface area contributed by atoms with Crippen LogP contribution in [0.2, 0.25) is 5.02 Å². The van der Waals surface area contributed by atoms with Crippen molar-refractivity contribution in [2.24, 2.45) is 0 Å². The molecule has 112 valence electrons. The number of nitrogens with one attached hydrogen (secondary N) is 1. The van der Waals surface area contributed by atoms with Crippen LogP contribution in [0.15, 0.2) is 36.4 Å². The van der Waals surface area contributed by atoms with Gasteiger partial charge in [0.2, 0.25) is 0 Å². The summed E-state index contributed by atoms with van der Waals surface area (Å²) < 4.78 is 51.9. The molecular formula is C14H9ClF4IN. The average molecular weight is 430 g/mol. The van der Waals surface area contributed by atoms with Gasteiger partial charge in [0.15, 0.2) is 0 Å². The molecule has 0 fully saturated rings. The molecule has 1 N–H and O–H groups in total. The molecule has 0 saturated heterocycles. The van der Waals surface area contributed by atoms with Crippen molar-refractivity contribution in [2.75, 3.05) is 5.32 Å². The Bertz CT molecular complexity index is 658. The minimum absolute atomic E-state index is 0.154. The van der Waals surface area contributed by atoms with Crippen molar-refractivity contribution in [2.45, 2.75) is 12.7 Å². The number of alkyl halides is 3. The third-order valence-corrected chi connectivity index (χ3v) is 3.88. The number of anilines is 1. The first kappa shape index (κ1) is 16.4. The van der Waals surface area contributed by atoms with Gasteiger partial charge >= 0.3 is 6.18 Å². The Kier molecular flexibility index (Phi) is 4.98. The monoisotopic (exact) mass is 429 g/mol. The fourth-order valence-electron chi connectivity index (χ4n) is 1.73. The molecule has 0 unspecified atom stereocenters. The first-order chi connectivity index (χ1) is 9.77. The second-order valence-electron chi connectivity index (χ2n) is 4.29. The van der Waals surface area contributed by atoms with Crippen LogP contribution in [-0.2, 0) is 12.7 Å². The standard InChI is InChI=1S/C14H9ClF4IN/c15-9-2-4-13(12(20)6-9)21-7-8-1-3-11(16)10(5-8)14(17,18)19/h1-6,21H,7H2. The molecule has 0 saturated carbocycles. The Morgan fingerprint density at radius 3 is 2.43 bits per heavy atom. The third kappa shape index (κ3) is 4.23. The molecule has 2 aromatic rings. The van der Waals surface area contributed by atoms with E-state index < -0.39 is 17.6 Å². The van der Waals surface area contributed by atoms with E-state index >= 15 is 0 Å². The van der Waals surface area contributed by atoms with Crippen LogP contribution in [0.4, 0.5) is 23.2 Å². The molecule has 0 atom stereocenters. The van der Waals surface area contributed by atoms with Crippen LogP contribution in [-0.4, -0.2) is 0 Å². The van der Waals surface area contributed by atoms with E-state index in [2.05, 4.69) is 27.9 Å². The number of hydrogen-bond donors (Lipinski definition) is 1. The van der Waals surface area contributed by atoms with Crippen LogP contribution in [0, 0.1) is 9.39 Å². The maximum absolute atomic E-state index is 13.2. The fraction of sp³-hybridized carbons (Fsp3) is 0.143. The second kappa shape index (κ2) is 6.39. The van der Waals surface area contributed by atoms with Crippen LogP contribution in [0.1, 0.15) is 11.1 Å². The highest BCUT2D eigenvalue weighted by Gasteiger charge is 2.34. The minimum atomic E-state index is -4.70. The van der Waals surface area contributed by atoms with Crippen LogP contribution >= 0.6 is 34.2 Å². The molecule has 0 bridgehead atoms. The zero-order valence-corrected chi connectivity index (χ0v) is 13.4. The van der Waals surface area contributed by atoms with Gasteiger partial charge in [0, 0.05) is 20.8 Å².